The van der Waals surface area contributed by atoms with Gasteiger partial charge in [-0.15, -0.1) is 10.2 Å². The molecule has 0 saturated carbocycles. The first-order valence-corrected chi connectivity index (χ1v) is 4.28. The molecular weight excluding hydrogens is 178 g/mol. The van der Waals surface area contributed by atoms with E-state index in [2.05, 4.69) is 26.8 Å². The fourth-order valence-electron chi connectivity index (χ4n) is 1.14. The number of aryl methyl sites for hydroxylation is 1. The molecule has 0 N–H and O–H groups in total. The molecule has 2 rings (SSSR count). The summed E-state index contributed by atoms with van der Waals surface area (Å²) in [5.41, 5.74) is 2.26. The molecule has 0 spiro atoms. The van der Waals surface area contributed by atoms with Crippen LogP contribution in [-0.4, -0.2) is 25.7 Å². The summed E-state index contributed by atoms with van der Waals surface area (Å²) in [7, 11) is 2.00. The van der Waals surface area contributed by atoms with Gasteiger partial charge in [0, 0.05) is 12.7 Å². The first-order chi connectivity index (χ1) is 6.77. The predicted octanol–water partition coefficient (Wildman–Crippen LogP) is 0.807. The van der Waals surface area contributed by atoms with Gasteiger partial charge in [-0.3, -0.25) is 0 Å². The van der Waals surface area contributed by atoms with Gasteiger partial charge in [-0.05, 0) is 19.1 Å². The van der Waals surface area contributed by atoms with E-state index in [1.165, 1.54) is 5.69 Å². The quantitative estimate of drug-likeness (QED) is 0.656. The van der Waals surface area contributed by atoms with Crippen LogP contribution in [0.4, 0.5) is 0 Å². The largest absolute Gasteiger partial charge is 0.347 e. The first kappa shape index (κ1) is 8.68. The molecule has 0 saturated heterocycles. The third-order valence-electron chi connectivity index (χ3n) is 2.14. The maximum atomic E-state index is 4.16. The van der Waals surface area contributed by atoms with E-state index in [-0.39, 0.29) is 0 Å². The van der Waals surface area contributed by atoms with Crippen LogP contribution < -0.4 is 0 Å². The molecule has 14 heavy (non-hydrogen) atoms. The lowest BCUT2D eigenvalue weighted by molar-refractivity contribution is 0.854. The van der Waals surface area contributed by atoms with Crippen molar-refractivity contribution >= 4 is 6.21 Å². The van der Waals surface area contributed by atoms with Crippen LogP contribution in [0.2, 0.25) is 0 Å². The Morgan fingerprint density at radius 1 is 1.29 bits per heavy atom. The summed E-state index contributed by atoms with van der Waals surface area (Å²) < 4.78 is 3.62. The van der Waals surface area contributed by atoms with E-state index in [0.717, 1.165) is 5.69 Å². The average Bonchev–Trinajstić information content (AvgIpc) is 2.77. The highest BCUT2D eigenvalue weighted by Gasteiger charge is 1.96. The van der Waals surface area contributed by atoms with Gasteiger partial charge in [0.1, 0.15) is 12.7 Å². The monoisotopic (exact) mass is 189 g/mol. The Labute approximate surface area is 81.7 Å². The van der Waals surface area contributed by atoms with Gasteiger partial charge >= 0.3 is 0 Å². The summed E-state index contributed by atoms with van der Waals surface area (Å²) in [6, 6.07) is 4.07. The highest BCUT2D eigenvalue weighted by atomic mass is 15.4. The van der Waals surface area contributed by atoms with E-state index in [9.17, 15) is 0 Å². The number of hydrogen-bond donors (Lipinski definition) is 0. The van der Waals surface area contributed by atoms with Crippen LogP contribution in [0.15, 0.2) is 29.9 Å². The highest BCUT2D eigenvalue weighted by molar-refractivity contribution is 5.77. The normalized spacial score (nSPS) is 11.3. The smallest absolute Gasteiger partial charge is 0.141 e. The molecular formula is C9H11N5. The SMILES string of the molecule is Cc1ccc(/C=N/n2cnnc2)n1C. The molecule has 72 valence electrons. The molecule has 0 fully saturated rings. The Morgan fingerprint density at radius 3 is 2.57 bits per heavy atom. The number of rotatable bonds is 2. The van der Waals surface area contributed by atoms with E-state index < -0.39 is 0 Å². The molecule has 0 aliphatic carbocycles. The molecule has 0 radical (unpaired) electrons. The maximum absolute atomic E-state index is 4.16. The first-order valence-electron chi connectivity index (χ1n) is 4.28. The summed E-state index contributed by atoms with van der Waals surface area (Å²) in [5.74, 6) is 0. The van der Waals surface area contributed by atoms with Crippen LogP contribution in [0.3, 0.4) is 0 Å². The van der Waals surface area contributed by atoms with Crippen molar-refractivity contribution in [2.75, 3.05) is 0 Å². The highest BCUT2D eigenvalue weighted by Crippen LogP contribution is 2.02. The molecule has 0 bridgehead atoms. The second-order valence-corrected chi connectivity index (χ2v) is 3.05. The van der Waals surface area contributed by atoms with Crippen molar-refractivity contribution in [3.63, 3.8) is 0 Å². The van der Waals surface area contributed by atoms with Crippen LogP contribution in [0.5, 0.6) is 0 Å². The minimum absolute atomic E-state index is 1.05. The van der Waals surface area contributed by atoms with Crippen molar-refractivity contribution in [2.45, 2.75) is 6.92 Å². The summed E-state index contributed by atoms with van der Waals surface area (Å²) >= 11 is 0. The Morgan fingerprint density at radius 2 is 2.00 bits per heavy atom. The Hall–Kier alpha value is -1.91. The fourth-order valence-corrected chi connectivity index (χ4v) is 1.14. The molecule has 0 atom stereocenters. The van der Waals surface area contributed by atoms with Crippen LogP contribution >= 0.6 is 0 Å². The zero-order valence-electron chi connectivity index (χ0n) is 8.12. The van der Waals surface area contributed by atoms with Gasteiger partial charge in [-0.2, -0.15) is 5.10 Å². The molecule has 0 aliphatic rings. The van der Waals surface area contributed by atoms with Crippen molar-refractivity contribution in [1.82, 2.24) is 19.4 Å². The number of aromatic nitrogens is 4. The van der Waals surface area contributed by atoms with Gasteiger partial charge in [0.15, 0.2) is 0 Å². The van der Waals surface area contributed by atoms with E-state index in [0.29, 0.717) is 0 Å². The van der Waals surface area contributed by atoms with E-state index in [1.54, 1.807) is 23.5 Å². The molecule has 2 aromatic rings. The topological polar surface area (TPSA) is 48.0 Å². The average molecular weight is 189 g/mol. The summed E-state index contributed by atoms with van der Waals surface area (Å²) in [6.45, 7) is 2.05. The minimum Gasteiger partial charge on any atom is -0.347 e. The second kappa shape index (κ2) is 3.45. The van der Waals surface area contributed by atoms with Crippen molar-refractivity contribution < 1.29 is 0 Å². The van der Waals surface area contributed by atoms with Crippen molar-refractivity contribution in [2.24, 2.45) is 12.1 Å². The molecule has 0 amide bonds. The van der Waals surface area contributed by atoms with Crippen LogP contribution in [0.25, 0.3) is 0 Å². The zero-order chi connectivity index (χ0) is 9.97. The van der Waals surface area contributed by atoms with Gasteiger partial charge in [-0.25, -0.2) is 4.68 Å². The number of hydrogen-bond acceptors (Lipinski definition) is 3. The zero-order valence-corrected chi connectivity index (χ0v) is 8.12. The third-order valence-corrected chi connectivity index (χ3v) is 2.14. The molecule has 2 heterocycles. The van der Waals surface area contributed by atoms with E-state index >= 15 is 0 Å². The lowest BCUT2D eigenvalue weighted by Crippen LogP contribution is -1.97. The van der Waals surface area contributed by atoms with Crippen molar-refractivity contribution in [1.29, 1.82) is 0 Å². The Kier molecular flexibility index (Phi) is 2.14. The Bertz CT molecular complexity index is 438. The van der Waals surface area contributed by atoms with Gasteiger partial charge in [0.2, 0.25) is 0 Å². The van der Waals surface area contributed by atoms with Crippen LogP contribution in [0.1, 0.15) is 11.4 Å². The van der Waals surface area contributed by atoms with Gasteiger partial charge in [-0.1, -0.05) is 0 Å². The predicted molar refractivity (Wildman–Crippen MR) is 53.2 cm³/mol. The van der Waals surface area contributed by atoms with Gasteiger partial charge in [0.05, 0.1) is 11.9 Å². The molecule has 0 aliphatic heterocycles. The molecule has 5 nitrogen and oxygen atoms in total. The van der Waals surface area contributed by atoms with Crippen LogP contribution in [0, 0.1) is 6.92 Å². The standard InChI is InChI=1S/C9H11N5/c1-8-3-4-9(13(8)2)5-12-14-6-10-11-7-14/h3-7H,1-2H3/b12-5+. The molecule has 5 heteroatoms. The molecule has 0 aromatic carbocycles. The fraction of sp³-hybridized carbons (Fsp3) is 0.222. The van der Waals surface area contributed by atoms with Crippen LogP contribution in [-0.2, 0) is 7.05 Å². The Balaban J connectivity index is 2.23. The van der Waals surface area contributed by atoms with Crippen molar-refractivity contribution in [3.05, 3.63) is 36.2 Å². The lowest BCUT2D eigenvalue weighted by Gasteiger charge is -1.98. The summed E-state index contributed by atoms with van der Waals surface area (Å²) in [6.07, 6.45) is 4.87. The van der Waals surface area contributed by atoms with E-state index in [1.807, 2.05) is 19.2 Å². The minimum atomic E-state index is 1.05. The molecule has 0 unspecified atom stereocenters. The second-order valence-electron chi connectivity index (χ2n) is 3.05. The van der Waals surface area contributed by atoms with E-state index in [4.69, 9.17) is 0 Å². The lowest BCUT2D eigenvalue weighted by atomic mass is 10.4. The molecule has 2 aromatic heterocycles. The maximum Gasteiger partial charge on any atom is 0.141 e. The third kappa shape index (κ3) is 1.56. The summed E-state index contributed by atoms with van der Waals surface area (Å²) in [5, 5.41) is 11.5. The van der Waals surface area contributed by atoms with Gasteiger partial charge in [0.25, 0.3) is 0 Å². The van der Waals surface area contributed by atoms with Gasteiger partial charge < -0.3 is 4.57 Å². The number of nitrogens with zero attached hydrogens (tertiary/aromatic N) is 5. The summed E-state index contributed by atoms with van der Waals surface area (Å²) in [4.78, 5) is 0. The van der Waals surface area contributed by atoms with Crippen molar-refractivity contribution in [3.8, 4) is 0 Å².